The average molecular weight is 169 g/mol. The monoisotopic (exact) mass is 169 g/mol. The van der Waals surface area contributed by atoms with E-state index in [0.29, 0.717) is 12.7 Å². The summed E-state index contributed by atoms with van der Waals surface area (Å²) in [6.45, 7) is 0. The summed E-state index contributed by atoms with van der Waals surface area (Å²) in [4.78, 5) is 25.3. The first-order valence-corrected chi connectivity index (χ1v) is 3.22. The molecule has 0 saturated heterocycles. The number of aldehydes is 1. The molecule has 0 spiro atoms. The van der Waals surface area contributed by atoms with E-state index in [1.165, 1.54) is 25.2 Å². The Morgan fingerprint density at radius 1 is 1.50 bits per heavy atom. The molecular formula is C7H11N3O2. The minimum absolute atomic E-state index is 0.110. The van der Waals surface area contributed by atoms with Crippen molar-refractivity contribution in [3.8, 4) is 0 Å². The fourth-order valence-corrected chi connectivity index (χ4v) is 0.536. The molecule has 0 aromatic carbocycles. The first-order valence-electron chi connectivity index (χ1n) is 3.22. The Morgan fingerprint density at radius 3 is 2.42 bits per heavy atom. The van der Waals surface area contributed by atoms with E-state index in [1.54, 1.807) is 0 Å². The van der Waals surface area contributed by atoms with Gasteiger partial charge in [-0.25, -0.2) is 0 Å². The summed E-state index contributed by atoms with van der Waals surface area (Å²) in [5, 5.41) is 0. The molecule has 0 aliphatic heterocycles. The highest BCUT2D eigenvalue weighted by Crippen LogP contribution is 1.91. The molecule has 0 bridgehead atoms. The van der Waals surface area contributed by atoms with Gasteiger partial charge < -0.3 is 10.6 Å². The number of nitrogens with zero attached hydrogens (tertiary/aromatic N) is 2. The smallest absolute Gasteiger partial charge is 0.213 e. The van der Waals surface area contributed by atoms with E-state index in [-0.39, 0.29) is 11.4 Å². The molecule has 0 saturated carbocycles. The number of hydrogen-bond acceptors (Lipinski definition) is 3. The lowest BCUT2D eigenvalue weighted by Crippen LogP contribution is -2.19. The Morgan fingerprint density at radius 2 is 2.08 bits per heavy atom. The van der Waals surface area contributed by atoms with Crippen molar-refractivity contribution >= 4 is 18.5 Å². The number of amidine groups is 1. The van der Waals surface area contributed by atoms with E-state index >= 15 is 0 Å². The van der Waals surface area contributed by atoms with Crippen molar-refractivity contribution in [3.05, 3.63) is 11.8 Å². The van der Waals surface area contributed by atoms with Gasteiger partial charge in [-0.1, -0.05) is 0 Å². The molecule has 0 radical (unpaired) electrons. The summed E-state index contributed by atoms with van der Waals surface area (Å²) in [5.74, 6) is 0.110. The number of carbonyl (C=O) groups excluding carboxylic acids is 2. The normalized spacial score (nSPS) is 12.5. The predicted octanol–water partition coefficient (Wildman–Crippen LogP) is -0.856. The largest absolute Gasteiger partial charge is 0.383 e. The number of hydrogen-bond donors (Lipinski definition) is 1. The van der Waals surface area contributed by atoms with Crippen LogP contribution in [0.4, 0.5) is 0 Å². The SMILES string of the molecule is CN=C(N)/C(C=O)=C\N(C)C=O. The molecule has 0 aromatic heterocycles. The van der Waals surface area contributed by atoms with E-state index in [2.05, 4.69) is 4.99 Å². The average Bonchev–Trinajstić information content (AvgIpc) is 2.12. The summed E-state index contributed by atoms with van der Waals surface area (Å²) in [6.07, 6.45) is 2.41. The molecule has 0 rings (SSSR count). The van der Waals surface area contributed by atoms with E-state index in [0.717, 1.165) is 0 Å². The van der Waals surface area contributed by atoms with Crippen LogP contribution >= 0.6 is 0 Å². The molecule has 5 nitrogen and oxygen atoms in total. The van der Waals surface area contributed by atoms with Crippen LogP contribution in [0.2, 0.25) is 0 Å². The van der Waals surface area contributed by atoms with Gasteiger partial charge in [0.05, 0.1) is 5.57 Å². The number of carbonyl (C=O) groups is 2. The molecule has 0 atom stereocenters. The third kappa shape index (κ3) is 2.96. The zero-order chi connectivity index (χ0) is 9.56. The minimum atomic E-state index is 0.110. The van der Waals surface area contributed by atoms with Gasteiger partial charge in [0, 0.05) is 20.3 Å². The third-order valence-electron chi connectivity index (χ3n) is 1.17. The van der Waals surface area contributed by atoms with Gasteiger partial charge in [0.25, 0.3) is 0 Å². The summed E-state index contributed by atoms with van der Waals surface area (Å²) < 4.78 is 0. The Bertz CT molecular complexity index is 233. The molecule has 0 aliphatic rings. The van der Waals surface area contributed by atoms with Gasteiger partial charge in [0.2, 0.25) is 6.41 Å². The maximum absolute atomic E-state index is 10.4. The van der Waals surface area contributed by atoms with Crippen LogP contribution in [0.5, 0.6) is 0 Å². The van der Waals surface area contributed by atoms with Crippen LogP contribution in [0.1, 0.15) is 0 Å². The van der Waals surface area contributed by atoms with Gasteiger partial charge in [0.1, 0.15) is 5.84 Å². The van der Waals surface area contributed by atoms with Crippen molar-refractivity contribution in [2.45, 2.75) is 0 Å². The Balaban J connectivity index is 4.65. The Hall–Kier alpha value is -1.65. The number of amides is 1. The van der Waals surface area contributed by atoms with Crippen molar-refractivity contribution in [2.75, 3.05) is 14.1 Å². The van der Waals surface area contributed by atoms with Gasteiger partial charge in [-0.2, -0.15) is 0 Å². The van der Waals surface area contributed by atoms with Crippen LogP contribution in [0.15, 0.2) is 16.8 Å². The van der Waals surface area contributed by atoms with Gasteiger partial charge >= 0.3 is 0 Å². The van der Waals surface area contributed by atoms with E-state index in [9.17, 15) is 9.59 Å². The van der Waals surface area contributed by atoms with Crippen LogP contribution in [0.25, 0.3) is 0 Å². The second-order valence-electron chi connectivity index (χ2n) is 2.08. The lowest BCUT2D eigenvalue weighted by atomic mass is 10.3. The van der Waals surface area contributed by atoms with E-state index in [1.807, 2.05) is 0 Å². The fraction of sp³-hybridized carbons (Fsp3) is 0.286. The molecule has 0 fully saturated rings. The highest BCUT2D eigenvalue weighted by atomic mass is 16.1. The lowest BCUT2D eigenvalue weighted by molar-refractivity contribution is -0.115. The third-order valence-corrected chi connectivity index (χ3v) is 1.17. The first kappa shape index (κ1) is 10.3. The van der Waals surface area contributed by atoms with Gasteiger partial charge in [-0.15, -0.1) is 0 Å². The summed E-state index contributed by atoms with van der Waals surface area (Å²) in [6, 6.07) is 0. The zero-order valence-corrected chi connectivity index (χ0v) is 7.02. The highest BCUT2D eigenvalue weighted by Gasteiger charge is 2.00. The first-order chi connectivity index (χ1) is 5.65. The van der Waals surface area contributed by atoms with Crippen molar-refractivity contribution < 1.29 is 9.59 Å². The molecule has 0 aliphatic carbocycles. The predicted molar refractivity (Wildman–Crippen MR) is 45.5 cm³/mol. The number of aliphatic imine (C=N–C) groups is 1. The molecule has 0 unspecified atom stereocenters. The molecule has 66 valence electrons. The highest BCUT2D eigenvalue weighted by molar-refractivity contribution is 6.12. The topological polar surface area (TPSA) is 75.8 Å². The van der Waals surface area contributed by atoms with E-state index < -0.39 is 0 Å². The molecule has 2 N–H and O–H groups in total. The zero-order valence-electron chi connectivity index (χ0n) is 7.02. The van der Waals surface area contributed by atoms with Crippen LogP contribution in [-0.2, 0) is 9.59 Å². The number of rotatable bonds is 4. The van der Waals surface area contributed by atoms with Crippen molar-refractivity contribution in [2.24, 2.45) is 10.7 Å². The molecule has 1 amide bonds. The second-order valence-corrected chi connectivity index (χ2v) is 2.08. The van der Waals surface area contributed by atoms with Crippen LogP contribution in [-0.4, -0.2) is 37.5 Å². The Kier molecular flexibility index (Phi) is 4.36. The molecular weight excluding hydrogens is 158 g/mol. The summed E-state index contributed by atoms with van der Waals surface area (Å²) in [5.41, 5.74) is 5.53. The van der Waals surface area contributed by atoms with Crippen molar-refractivity contribution in [3.63, 3.8) is 0 Å². The summed E-state index contributed by atoms with van der Waals surface area (Å²) >= 11 is 0. The van der Waals surface area contributed by atoms with Gasteiger partial charge in [-0.05, 0) is 0 Å². The van der Waals surface area contributed by atoms with Crippen molar-refractivity contribution in [1.82, 2.24) is 4.90 Å². The van der Waals surface area contributed by atoms with Gasteiger partial charge in [0.15, 0.2) is 6.29 Å². The van der Waals surface area contributed by atoms with Crippen molar-refractivity contribution in [1.29, 1.82) is 0 Å². The number of nitrogens with two attached hydrogens (primary N) is 1. The molecule has 5 heteroatoms. The second kappa shape index (κ2) is 5.06. The fourth-order valence-electron chi connectivity index (χ4n) is 0.536. The van der Waals surface area contributed by atoms with Crippen LogP contribution in [0, 0.1) is 0 Å². The van der Waals surface area contributed by atoms with Gasteiger partial charge in [-0.3, -0.25) is 14.6 Å². The minimum Gasteiger partial charge on any atom is -0.383 e. The van der Waals surface area contributed by atoms with Crippen LogP contribution in [0.3, 0.4) is 0 Å². The molecule has 0 heterocycles. The quantitative estimate of drug-likeness (QED) is 0.257. The Labute approximate surface area is 70.6 Å². The molecule has 12 heavy (non-hydrogen) atoms. The van der Waals surface area contributed by atoms with Crippen LogP contribution < -0.4 is 5.73 Å². The maximum Gasteiger partial charge on any atom is 0.213 e. The molecule has 0 aromatic rings. The maximum atomic E-state index is 10.4. The van der Waals surface area contributed by atoms with E-state index in [4.69, 9.17) is 5.73 Å². The lowest BCUT2D eigenvalue weighted by Gasteiger charge is -2.04. The summed E-state index contributed by atoms with van der Waals surface area (Å²) in [7, 11) is 2.97. The standard InChI is InChI=1S/C7H11N3O2/c1-9-7(8)6(4-11)3-10(2)5-12/h3-5H,1-2H3,(H2,8,9)/b6-3-.